The monoisotopic (exact) mass is 458 g/mol. The molecule has 0 fully saturated rings. The molecule has 2 unspecified atom stereocenters. The van der Waals surface area contributed by atoms with Crippen molar-refractivity contribution < 1.29 is 19.1 Å². The lowest BCUT2D eigenvalue weighted by atomic mass is 10.0. The molecule has 4 aromatic carbocycles. The molecule has 0 saturated heterocycles. The Bertz CT molecular complexity index is 1180. The summed E-state index contributed by atoms with van der Waals surface area (Å²) in [5.74, 6) is -0.693. The second-order valence-corrected chi connectivity index (χ2v) is 9.34. The first kappa shape index (κ1) is 22.9. The summed E-state index contributed by atoms with van der Waals surface area (Å²) in [6.45, 7) is 0. The number of carbonyl (C=O) groups excluding carboxylic acids is 2. The summed E-state index contributed by atoms with van der Waals surface area (Å²) in [4.78, 5) is 25.3. The first-order chi connectivity index (χ1) is 16.1. The zero-order valence-corrected chi connectivity index (χ0v) is 19.5. The van der Waals surface area contributed by atoms with E-state index in [0.29, 0.717) is 12.8 Å². The molecule has 4 nitrogen and oxygen atoms in total. The van der Waals surface area contributed by atoms with Gasteiger partial charge >= 0.3 is 11.9 Å². The Morgan fingerprint density at radius 1 is 0.636 bits per heavy atom. The largest absolute Gasteiger partial charge is 0.468 e. The fourth-order valence-electron chi connectivity index (χ4n) is 3.99. The van der Waals surface area contributed by atoms with E-state index in [-0.39, 0.29) is 11.9 Å². The molecule has 0 N–H and O–H groups in total. The topological polar surface area (TPSA) is 52.6 Å². The first-order valence-electron chi connectivity index (χ1n) is 10.8. The number of hydrogen-bond acceptors (Lipinski definition) is 5. The minimum atomic E-state index is -0.527. The number of carbonyl (C=O) groups is 2. The Kier molecular flexibility index (Phi) is 7.30. The van der Waals surface area contributed by atoms with Crippen LogP contribution in [0.1, 0.15) is 11.1 Å². The molecule has 0 aliphatic rings. The van der Waals surface area contributed by atoms with Gasteiger partial charge in [0.1, 0.15) is 10.5 Å². The maximum absolute atomic E-state index is 12.7. The summed E-state index contributed by atoms with van der Waals surface area (Å²) in [6, 6.07) is 28.5. The average molecular weight is 459 g/mol. The summed E-state index contributed by atoms with van der Waals surface area (Å²) < 4.78 is 10.2. The van der Waals surface area contributed by atoms with E-state index < -0.39 is 10.5 Å². The van der Waals surface area contributed by atoms with Gasteiger partial charge in [-0.25, -0.2) is 0 Å². The van der Waals surface area contributed by atoms with Crippen molar-refractivity contribution in [2.75, 3.05) is 14.2 Å². The molecule has 4 aromatic rings. The highest BCUT2D eigenvalue weighted by Gasteiger charge is 2.30. The van der Waals surface area contributed by atoms with Crippen molar-refractivity contribution in [1.82, 2.24) is 0 Å². The molecular formula is C28H26O4S. The minimum Gasteiger partial charge on any atom is -0.468 e. The maximum atomic E-state index is 12.7. The number of benzene rings is 4. The summed E-state index contributed by atoms with van der Waals surface area (Å²) in [7, 11) is 2.76. The fourth-order valence-corrected chi connectivity index (χ4v) is 5.38. The molecule has 0 spiro atoms. The van der Waals surface area contributed by atoms with E-state index in [4.69, 9.17) is 9.47 Å². The highest BCUT2D eigenvalue weighted by molar-refractivity contribution is 8.01. The lowest BCUT2D eigenvalue weighted by Gasteiger charge is -2.21. The van der Waals surface area contributed by atoms with E-state index in [1.54, 1.807) is 0 Å². The van der Waals surface area contributed by atoms with Crippen LogP contribution in [-0.2, 0) is 31.9 Å². The van der Waals surface area contributed by atoms with Crippen molar-refractivity contribution in [2.24, 2.45) is 0 Å². The van der Waals surface area contributed by atoms with Crippen molar-refractivity contribution in [3.05, 3.63) is 96.1 Å². The van der Waals surface area contributed by atoms with Gasteiger partial charge in [0, 0.05) is 0 Å². The van der Waals surface area contributed by atoms with E-state index >= 15 is 0 Å². The molecule has 5 heteroatoms. The molecule has 4 rings (SSSR count). The molecular weight excluding hydrogens is 432 g/mol. The summed E-state index contributed by atoms with van der Waals surface area (Å²) in [5.41, 5.74) is 2.04. The zero-order chi connectivity index (χ0) is 23.2. The number of esters is 2. The van der Waals surface area contributed by atoms with Gasteiger partial charge in [-0.2, -0.15) is 0 Å². The van der Waals surface area contributed by atoms with E-state index in [1.165, 1.54) is 26.0 Å². The van der Waals surface area contributed by atoms with Crippen LogP contribution in [0, 0.1) is 0 Å². The Balaban J connectivity index is 1.57. The second kappa shape index (κ2) is 10.5. The number of fused-ring (bicyclic) bond motifs is 2. The molecule has 0 heterocycles. The summed E-state index contributed by atoms with van der Waals surface area (Å²) in [5, 5.41) is 3.47. The van der Waals surface area contributed by atoms with Gasteiger partial charge in [-0.3, -0.25) is 9.59 Å². The first-order valence-corrected chi connectivity index (χ1v) is 11.8. The van der Waals surface area contributed by atoms with Crippen LogP contribution in [0.4, 0.5) is 0 Å². The Morgan fingerprint density at radius 3 is 1.42 bits per heavy atom. The van der Waals surface area contributed by atoms with E-state index in [1.807, 2.05) is 36.4 Å². The third-order valence-corrected chi connectivity index (χ3v) is 7.10. The number of methoxy groups -OCH3 is 2. The molecule has 0 saturated carbocycles. The third kappa shape index (κ3) is 5.55. The van der Waals surface area contributed by atoms with Crippen LogP contribution in [0.25, 0.3) is 21.5 Å². The maximum Gasteiger partial charge on any atom is 0.319 e. The summed E-state index contributed by atoms with van der Waals surface area (Å²) >= 11 is 1.31. The van der Waals surface area contributed by atoms with Crippen molar-refractivity contribution in [1.29, 1.82) is 0 Å². The van der Waals surface area contributed by atoms with Gasteiger partial charge in [-0.15, -0.1) is 11.8 Å². The summed E-state index contributed by atoms with van der Waals surface area (Å²) in [6.07, 6.45) is 0.931. The van der Waals surface area contributed by atoms with Gasteiger partial charge in [0.15, 0.2) is 0 Å². The average Bonchev–Trinajstić information content (AvgIpc) is 2.86. The van der Waals surface area contributed by atoms with Crippen LogP contribution in [0.15, 0.2) is 84.9 Å². The number of ether oxygens (including phenoxy) is 2. The molecule has 33 heavy (non-hydrogen) atoms. The second-order valence-electron chi connectivity index (χ2n) is 7.93. The molecule has 0 aliphatic carbocycles. The number of thioether (sulfide) groups is 1. The molecule has 2 atom stereocenters. The molecule has 0 bridgehead atoms. The Hall–Kier alpha value is -3.31. The molecule has 168 valence electrons. The van der Waals surface area contributed by atoms with Crippen LogP contribution in [0.5, 0.6) is 0 Å². The molecule has 0 aliphatic heterocycles. The quantitative estimate of drug-likeness (QED) is 0.322. The van der Waals surface area contributed by atoms with Crippen LogP contribution >= 0.6 is 11.8 Å². The number of rotatable bonds is 8. The van der Waals surface area contributed by atoms with Crippen molar-refractivity contribution >= 4 is 45.2 Å². The molecule has 0 amide bonds. The van der Waals surface area contributed by atoms with Gasteiger partial charge in [0.05, 0.1) is 14.2 Å². The van der Waals surface area contributed by atoms with Gasteiger partial charge in [-0.05, 0) is 45.5 Å². The van der Waals surface area contributed by atoms with Gasteiger partial charge < -0.3 is 9.47 Å². The Labute approximate surface area is 197 Å². The third-order valence-electron chi connectivity index (χ3n) is 5.73. The predicted molar refractivity (Wildman–Crippen MR) is 135 cm³/mol. The molecule has 0 radical (unpaired) electrons. The lowest BCUT2D eigenvalue weighted by Crippen LogP contribution is -2.30. The van der Waals surface area contributed by atoms with Gasteiger partial charge in [0.2, 0.25) is 0 Å². The van der Waals surface area contributed by atoms with Crippen LogP contribution in [0.2, 0.25) is 0 Å². The van der Waals surface area contributed by atoms with E-state index in [9.17, 15) is 9.59 Å². The van der Waals surface area contributed by atoms with Crippen molar-refractivity contribution in [3.8, 4) is 0 Å². The Morgan fingerprint density at radius 2 is 1.03 bits per heavy atom. The standard InChI is InChI=1S/C28H26O4S/c1-31-27(29)25(17-19-11-13-21-7-3-5-9-23(21)15-19)33-26(28(30)32-2)18-20-12-14-22-8-4-6-10-24(22)16-20/h3-16,25-26H,17-18H2,1-2H3. The van der Waals surface area contributed by atoms with E-state index in [2.05, 4.69) is 48.5 Å². The normalized spacial score (nSPS) is 12.9. The van der Waals surface area contributed by atoms with Crippen LogP contribution < -0.4 is 0 Å². The minimum absolute atomic E-state index is 0.347. The van der Waals surface area contributed by atoms with E-state index in [0.717, 1.165) is 32.7 Å². The lowest BCUT2D eigenvalue weighted by molar-refractivity contribution is -0.139. The highest BCUT2D eigenvalue weighted by Crippen LogP contribution is 2.28. The predicted octanol–water partition coefficient (Wildman–Crippen LogP) is 5.59. The highest BCUT2D eigenvalue weighted by atomic mass is 32.2. The fraction of sp³-hybridized carbons (Fsp3) is 0.214. The van der Waals surface area contributed by atoms with Gasteiger partial charge in [0.25, 0.3) is 0 Å². The van der Waals surface area contributed by atoms with Crippen LogP contribution in [-0.4, -0.2) is 36.7 Å². The SMILES string of the molecule is COC(=O)C(Cc1ccc2ccccc2c1)SC(Cc1ccc2ccccc2c1)C(=O)OC. The smallest absolute Gasteiger partial charge is 0.319 e. The number of hydrogen-bond donors (Lipinski definition) is 0. The van der Waals surface area contributed by atoms with Crippen molar-refractivity contribution in [3.63, 3.8) is 0 Å². The van der Waals surface area contributed by atoms with Crippen molar-refractivity contribution in [2.45, 2.75) is 23.3 Å². The van der Waals surface area contributed by atoms with Gasteiger partial charge in [-0.1, -0.05) is 84.9 Å². The zero-order valence-electron chi connectivity index (χ0n) is 18.7. The molecule has 0 aromatic heterocycles. The van der Waals surface area contributed by atoms with Crippen LogP contribution in [0.3, 0.4) is 0 Å².